The van der Waals surface area contributed by atoms with Crippen LogP contribution in [0.5, 0.6) is 0 Å². The Balaban J connectivity index is 2.15. The van der Waals surface area contributed by atoms with Gasteiger partial charge < -0.3 is 15.7 Å². The average Bonchev–Trinajstić information content (AvgIpc) is 2.28. The lowest BCUT2D eigenvalue weighted by molar-refractivity contribution is 0.183. The highest BCUT2D eigenvalue weighted by atomic mass is 19.1. The number of nitrogens with one attached hydrogen (secondary N) is 2. The van der Waals surface area contributed by atoms with Crippen molar-refractivity contribution in [3.8, 4) is 0 Å². The summed E-state index contributed by atoms with van der Waals surface area (Å²) in [6, 6.07) is 6.03. The summed E-state index contributed by atoms with van der Waals surface area (Å²) in [5.41, 5.74) is 0.847. The zero-order valence-corrected chi connectivity index (χ0v) is 10.4. The first kappa shape index (κ1) is 14.4. The number of hydrogen-bond acceptors (Lipinski definition) is 2. The summed E-state index contributed by atoms with van der Waals surface area (Å²) >= 11 is 0. The summed E-state index contributed by atoms with van der Waals surface area (Å²) in [5, 5.41) is 14.3. The van der Waals surface area contributed by atoms with Gasteiger partial charge in [0.1, 0.15) is 5.82 Å². The molecule has 5 heteroatoms. The molecule has 18 heavy (non-hydrogen) atoms. The van der Waals surface area contributed by atoms with Gasteiger partial charge in [-0.15, -0.1) is 0 Å². The van der Waals surface area contributed by atoms with Crippen LogP contribution in [0.4, 0.5) is 9.18 Å². The molecule has 0 aliphatic heterocycles. The van der Waals surface area contributed by atoms with Gasteiger partial charge in [0.25, 0.3) is 0 Å². The maximum Gasteiger partial charge on any atom is 0.314 e. The Labute approximate surface area is 106 Å². The van der Waals surface area contributed by atoms with Crippen molar-refractivity contribution < 1.29 is 14.3 Å². The summed E-state index contributed by atoms with van der Waals surface area (Å²) in [5.74, 6) is -0.270. The predicted molar refractivity (Wildman–Crippen MR) is 67.8 cm³/mol. The van der Waals surface area contributed by atoms with Crippen molar-refractivity contribution in [3.63, 3.8) is 0 Å². The minimum Gasteiger partial charge on any atom is -0.393 e. The Hall–Kier alpha value is -1.62. The van der Waals surface area contributed by atoms with Crippen molar-refractivity contribution in [2.45, 2.75) is 25.9 Å². The molecular weight excluding hydrogens is 235 g/mol. The average molecular weight is 254 g/mol. The Bertz CT molecular complexity index is 383. The topological polar surface area (TPSA) is 61.4 Å². The molecule has 0 bridgehead atoms. The number of benzene rings is 1. The number of rotatable bonds is 6. The number of carbonyl (C=O) groups is 1. The highest BCUT2D eigenvalue weighted by Gasteiger charge is 2.01. The van der Waals surface area contributed by atoms with E-state index >= 15 is 0 Å². The molecule has 1 rings (SSSR count). The van der Waals surface area contributed by atoms with Crippen LogP contribution in [0, 0.1) is 5.82 Å². The zero-order valence-electron chi connectivity index (χ0n) is 10.4. The fourth-order valence-corrected chi connectivity index (χ4v) is 1.47. The second kappa shape index (κ2) is 7.66. The smallest absolute Gasteiger partial charge is 0.314 e. The van der Waals surface area contributed by atoms with Crippen LogP contribution in [-0.2, 0) is 6.42 Å². The van der Waals surface area contributed by atoms with Crippen molar-refractivity contribution in [2.75, 3.05) is 13.1 Å². The van der Waals surface area contributed by atoms with Gasteiger partial charge in [-0.1, -0.05) is 12.1 Å². The van der Waals surface area contributed by atoms with Crippen molar-refractivity contribution in [1.29, 1.82) is 0 Å². The van der Waals surface area contributed by atoms with Gasteiger partial charge in [0.05, 0.1) is 6.10 Å². The first-order valence-corrected chi connectivity index (χ1v) is 6.02. The monoisotopic (exact) mass is 254 g/mol. The molecule has 1 aromatic carbocycles. The van der Waals surface area contributed by atoms with E-state index in [1.54, 1.807) is 13.0 Å². The molecule has 0 saturated carbocycles. The molecule has 0 fully saturated rings. The third-order valence-corrected chi connectivity index (χ3v) is 2.44. The van der Waals surface area contributed by atoms with Crippen LogP contribution < -0.4 is 10.6 Å². The second-order valence-corrected chi connectivity index (χ2v) is 4.20. The molecule has 0 aliphatic carbocycles. The lowest BCUT2D eigenvalue weighted by Crippen LogP contribution is -2.37. The van der Waals surface area contributed by atoms with Crippen LogP contribution in [0.2, 0.25) is 0 Å². The molecule has 1 atom stereocenters. The van der Waals surface area contributed by atoms with Gasteiger partial charge >= 0.3 is 6.03 Å². The largest absolute Gasteiger partial charge is 0.393 e. The molecule has 1 aromatic rings. The van der Waals surface area contributed by atoms with E-state index in [9.17, 15) is 9.18 Å². The Morgan fingerprint density at radius 1 is 1.39 bits per heavy atom. The molecule has 0 aliphatic rings. The SMILES string of the molecule is CC(O)CCNC(=O)NCCc1cccc(F)c1. The van der Waals surface area contributed by atoms with Crippen molar-refractivity contribution >= 4 is 6.03 Å². The summed E-state index contributed by atoms with van der Waals surface area (Å²) in [6.07, 6.45) is 0.691. The number of amides is 2. The number of halogens is 1. The first-order valence-electron chi connectivity index (χ1n) is 6.02. The molecule has 4 nitrogen and oxygen atoms in total. The number of carbonyl (C=O) groups excluding carboxylic acids is 1. The van der Waals surface area contributed by atoms with E-state index in [0.717, 1.165) is 5.56 Å². The molecule has 0 radical (unpaired) electrons. The minimum atomic E-state index is -0.419. The highest BCUT2D eigenvalue weighted by Crippen LogP contribution is 2.03. The van der Waals surface area contributed by atoms with Gasteiger partial charge in [0.15, 0.2) is 0 Å². The summed E-state index contributed by atoms with van der Waals surface area (Å²) in [6.45, 7) is 2.55. The van der Waals surface area contributed by atoms with Crippen LogP contribution >= 0.6 is 0 Å². The Morgan fingerprint density at radius 2 is 2.11 bits per heavy atom. The predicted octanol–water partition coefficient (Wildman–Crippen LogP) is 1.44. The van der Waals surface area contributed by atoms with Gasteiger partial charge in [-0.25, -0.2) is 9.18 Å². The normalized spacial score (nSPS) is 11.9. The maximum atomic E-state index is 12.9. The quantitative estimate of drug-likeness (QED) is 0.719. The van der Waals surface area contributed by atoms with E-state index in [2.05, 4.69) is 10.6 Å². The summed E-state index contributed by atoms with van der Waals surface area (Å²) in [4.78, 5) is 11.3. The Kier molecular flexibility index (Phi) is 6.14. The van der Waals surface area contributed by atoms with Gasteiger partial charge in [0, 0.05) is 13.1 Å². The molecule has 0 heterocycles. The molecule has 3 N–H and O–H groups in total. The Morgan fingerprint density at radius 3 is 2.78 bits per heavy atom. The van der Waals surface area contributed by atoms with E-state index in [1.807, 2.05) is 6.07 Å². The van der Waals surface area contributed by atoms with Crippen molar-refractivity contribution in [2.24, 2.45) is 0 Å². The molecule has 1 unspecified atom stereocenters. The molecule has 0 spiro atoms. The molecular formula is C13H19FN2O2. The van der Waals surface area contributed by atoms with Gasteiger partial charge in [-0.05, 0) is 37.5 Å². The van der Waals surface area contributed by atoms with E-state index in [1.165, 1.54) is 12.1 Å². The van der Waals surface area contributed by atoms with Crippen LogP contribution in [-0.4, -0.2) is 30.3 Å². The van der Waals surface area contributed by atoms with Crippen LogP contribution in [0.15, 0.2) is 24.3 Å². The molecule has 0 aromatic heterocycles. The minimum absolute atomic E-state index is 0.270. The maximum absolute atomic E-state index is 12.9. The first-order chi connectivity index (χ1) is 8.58. The third-order valence-electron chi connectivity index (χ3n) is 2.44. The molecule has 0 saturated heterocycles. The fourth-order valence-electron chi connectivity index (χ4n) is 1.47. The van der Waals surface area contributed by atoms with E-state index in [-0.39, 0.29) is 11.8 Å². The van der Waals surface area contributed by atoms with Crippen molar-refractivity contribution in [1.82, 2.24) is 10.6 Å². The summed E-state index contributed by atoms with van der Waals surface area (Å²) < 4.78 is 12.9. The van der Waals surface area contributed by atoms with E-state index < -0.39 is 6.10 Å². The van der Waals surface area contributed by atoms with Crippen molar-refractivity contribution in [3.05, 3.63) is 35.6 Å². The molecule has 100 valence electrons. The second-order valence-electron chi connectivity index (χ2n) is 4.20. The lowest BCUT2D eigenvalue weighted by Gasteiger charge is -2.08. The lowest BCUT2D eigenvalue weighted by atomic mass is 10.1. The zero-order chi connectivity index (χ0) is 13.4. The number of aliphatic hydroxyl groups excluding tert-OH is 1. The van der Waals surface area contributed by atoms with Gasteiger partial charge in [-0.3, -0.25) is 0 Å². The number of aliphatic hydroxyl groups is 1. The highest BCUT2D eigenvalue weighted by molar-refractivity contribution is 5.73. The fraction of sp³-hybridized carbons (Fsp3) is 0.462. The number of urea groups is 1. The summed E-state index contributed by atoms with van der Waals surface area (Å²) in [7, 11) is 0. The third kappa shape index (κ3) is 6.20. The van der Waals surface area contributed by atoms with Crippen LogP contribution in [0.25, 0.3) is 0 Å². The van der Waals surface area contributed by atoms with Crippen LogP contribution in [0.3, 0.4) is 0 Å². The van der Waals surface area contributed by atoms with Gasteiger partial charge in [0.2, 0.25) is 0 Å². The van der Waals surface area contributed by atoms with Crippen LogP contribution in [0.1, 0.15) is 18.9 Å². The molecule has 2 amide bonds. The van der Waals surface area contributed by atoms with E-state index in [0.29, 0.717) is 25.9 Å². The van der Waals surface area contributed by atoms with Gasteiger partial charge in [-0.2, -0.15) is 0 Å². The standard InChI is InChI=1S/C13H19FN2O2/c1-10(17)5-7-15-13(18)16-8-6-11-3-2-4-12(14)9-11/h2-4,9-10,17H,5-8H2,1H3,(H2,15,16,18). The number of hydrogen-bond donors (Lipinski definition) is 3. The van der Waals surface area contributed by atoms with E-state index in [4.69, 9.17) is 5.11 Å².